The van der Waals surface area contributed by atoms with Crippen molar-refractivity contribution < 1.29 is 28.7 Å². The Morgan fingerprint density at radius 3 is 1.95 bits per heavy atom. The highest BCUT2D eigenvalue weighted by atomic mass is 35.5. The van der Waals surface area contributed by atoms with Crippen LogP contribution in [0.1, 0.15) is 86.1 Å². The fourth-order valence-corrected chi connectivity index (χ4v) is 8.32. The van der Waals surface area contributed by atoms with E-state index in [9.17, 15) is 19.2 Å². The molecular weight excluding hydrogens is 930 g/mol. The predicted molar refractivity (Wildman–Crippen MR) is 261 cm³/mol. The molecule has 20 heteroatoms. The second-order valence-electron chi connectivity index (χ2n) is 16.1. The summed E-state index contributed by atoms with van der Waals surface area (Å²) in [6.45, 7) is 8.41. The molecule has 4 amide bonds. The van der Waals surface area contributed by atoms with Gasteiger partial charge >= 0.3 is 12.2 Å². The Morgan fingerprint density at radius 1 is 0.727 bits per heavy atom. The monoisotopic (exact) mass is 986 g/mol. The third kappa shape index (κ3) is 12.8. The maximum atomic E-state index is 13.9. The Morgan fingerprint density at radius 2 is 1.32 bits per heavy atom. The van der Waals surface area contributed by atoms with Crippen LogP contribution in [0.15, 0.2) is 60.9 Å². The number of halogens is 4. The van der Waals surface area contributed by atoms with Crippen molar-refractivity contribution in [2.75, 3.05) is 65.4 Å². The first-order chi connectivity index (χ1) is 30.0. The first kappa shape index (κ1) is 54.7. The number of likely N-dealkylation sites (N-methyl/N-ethyl adjacent to an activating group) is 1. The lowest BCUT2D eigenvalue weighted by molar-refractivity contribution is -0.135. The van der Waals surface area contributed by atoms with E-state index in [1.165, 1.54) is 14.2 Å². The van der Waals surface area contributed by atoms with E-state index in [-0.39, 0.29) is 79.4 Å². The minimum Gasteiger partial charge on any atom is -0.453 e. The highest BCUT2D eigenvalue weighted by Crippen LogP contribution is 2.35. The Hall–Kier alpha value is -5.62. The van der Waals surface area contributed by atoms with Crippen LogP contribution in [0.5, 0.6) is 0 Å². The van der Waals surface area contributed by atoms with Crippen LogP contribution in [0.3, 0.4) is 0 Å². The van der Waals surface area contributed by atoms with E-state index in [4.69, 9.17) is 14.5 Å². The van der Waals surface area contributed by atoms with Crippen molar-refractivity contribution in [3.05, 3.63) is 89.4 Å². The maximum absolute atomic E-state index is 13.9. The molecule has 0 bridgehead atoms. The van der Waals surface area contributed by atoms with Crippen LogP contribution in [0, 0.1) is 29.6 Å². The SMILES string of the molecule is COC(=O)N[C@H](C(=O)N1CCC[C@H]1c1ncc(-c2ccc(C#CC#Cc3cnc([C@@H]4CCCN4C(=O)[C@H](NC(=O)OC)c4ccccc4)[nH]3)c(N3CCN(C)CC3)c2)[nH]1)C(C)C.Cl.Cl.Cl.Cl. The van der Waals surface area contributed by atoms with Crippen LogP contribution >= 0.6 is 49.6 Å². The van der Waals surface area contributed by atoms with Gasteiger partial charge in [-0.1, -0.05) is 56.2 Å². The zero-order valence-electron chi connectivity index (χ0n) is 37.5. The fraction of sp³-hybridized carbons (Fsp3) is 0.435. The van der Waals surface area contributed by atoms with Gasteiger partial charge in [0.1, 0.15) is 29.4 Å². The summed E-state index contributed by atoms with van der Waals surface area (Å²) in [7, 11) is 4.68. The smallest absolute Gasteiger partial charge is 0.407 e. The lowest BCUT2D eigenvalue weighted by Crippen LogP contribution is -2.51. The van der Waals surface area contributed by atoms with E-state index in [0.29, 0.717) is 42.4 Å². The van der Waals surface area contributed by atoms with Crippen molar-refractivity contribution in [1.29, 1.82) is 0 Å². The molecule has 4 aromatic rings. The molecule has 0 unspecified atom stereocenters. The molecular formula is C46H58Cl4N10O6. The highest BCUT2D eigenvalue weighted by molar-refractivity contribution is 5.88. The molecule has 0 aliphatic carbocycles. The number of nitrogens with one attached hydrogen (secondary N) is 4. The molecule has 7 rings (SSSR count). The number of alkyl carbamates (subject to hydrolysis) is 2. The second-order valence-corrected chi connectivity index (χ2v) is 16.1. The normalized spacial score (nSPS) is 17.5. The number of carbonyl (C=O) groups excluding carboxylic acids is 4. The van der Waals surface area contributed by atoms with E-state index in [1.54, 1.807) is 23.2 Å². The van der Waals surface area contributed by atoms with E-state index in [0.717, 1.165) is 67.9 Å². The van der Waals surface area contributed by atoms with Crippen LogP contribution in [-0.2, 0) is 19.1 Å². The molecule has 0 spiro atoms. The summed E-state index contributed by atoms with van der Waals surface area (Å²) in [5, 5.41) is 5.40. The third-order valence-electron chi connectivity index (χ3n) is 11.7. The largest absolute Gasteiger partial charge is 0.453 e. The molecule has 66 heavy (non-hydrogen) atoms. The van der Waals surface area contributed by atoms with Gasteiger partial charge in [-0.05, 0) is 74.1 Å². The summed E-state index contributed by atoms with van der Waals surface area (Å²) < 4.78 is 9.61. The molecule has 5 heterocycles. The van der Waals surface area contributed by atoms with Crippen molar-refractivity contribution in [2.24, 2.45) is 5.92 Å². The van der Waals surface area contributed by atoms with E-state index in [2.05, 4.69) is 72.2 Å². The molecule has 356 valence electrons. The maximum Gasteiger partial charge on any atom is 0.407 e. The van der Waals surface area contributed by atoms with Crippen molar-refractivity contribution in [2.45, 2.75) is 63.7 Å². The summed E-state index contributed by atoms with van der Waals surface area (Å²) in [4.78, 5) is 76.2. The summed E-state index contributed by atoms with van der Waals surface area (Å²) in [5.41, 5.74) is 4.85. The van der Waals surface area contributed by atoms with Gasteiger partial charge in [-0.3, -0.25) is 9.59 Å². The van der Waals surface area contributed by atoms with Gasteiger partial charge in [-0.2, -0.15) is 0 Å². The molecule has 2 aromatic carbocycles. The number of aromatic nitrogens is 4. The number of amides is 4. The molecule has 4 N–H and O–H groups in total. The third-order valence-corrected chi connectivity index (χ3v) is 11.7. The Labute approximate surface area is 410 Å². The number of hydrogen-bond acceptors (Lipinski definition) is 10. The van der Waals surface area contributed by atoms with Gasteiger partial charge in [-0.15, -0.1) is 49.6 Å². The number of rotatable bonds is 10. The average Bonchev–Trinajstić information content (AvgIpc) is 4.14. The lowest BCUT2D eigenvalue weighted by atomic mass is 10.0. The predicted octanol–water partition coefficient (Wildman–Crippen LogP) is 6.45. The molecule has 0 saturated carbocycles. The minimum atomic E-state index is -0.905. The number of nitrogens with zero attached hydrogens (tertiary/aromatic N) is 6. The number of ether oxygens (including phenoxy) is 2. The quantitative estimate of drug-likeness (QED) is 0.129. The summed E-state index contributed by atoms with van der Waals surface area (Å²) >= 11 is 0. The van der Waals surface area contributed by atoms with Crippen LogP contribution in [-0.4, -0.2) is 125 Å². The second kappa shape index (κ2) is 25.3. The van der Waals surface area contributed by atoms with Gasteiger partial charge < -0.3 is 49.7 Å². The first-order valence-corrected chi connectivity index (χ1v) is 21.1. The standard InChI is InChI=1S/C46H54N10O6.4ClH/c1-30(2)39(51-45(59)61-4)43(57)55-21-12-18-37(55)42-48-29-35(50-42)33-20-19-31(38(27-33)54-25-23-53(3)24-26-54)13-9-10-16-34-28-47-41(49-34)36-17-11-22-56(36)44(58)40(52-46(60)62-5)32-14-7-6-8-15-32;;;;/h6-8,14-15,19-20,27-30,36-37,39-40H,11-12,17-18,21-26H2,1-5H3,(H,47,49)(H,48,50)(H,51,59)(H,52,60);4*1H/t36-,37-,39-,40+;;;;/m0..../s1. The number of methoxy groups -OCH3 is 2. The van der Waals surface area contributed by atoms with Gasteiger partial charge in [0, 0.05) is 50.4 Å². The molecule has 4 atom stereocenters. The average molecular weight is 989 g/mol. The van der Waals surface area contributed by atoms with Crippen LogP contribution < -0.4 is 15.5 Å². The number of carbonyl (C=O) groups is 4. The Balaban J connectivity index is 0.00000289. The van der Waals surface area contributed by atoms with Crippen molar-refractivity contribution in [3.63, 3.8) is 0 Å². The number of likely N-dealkylation sites (tertiary alicyclic amines) is 2. The van der Waals surface area contributed by atoms with E-state index in [1.807, 2.05) is 55.3 Å². The molecule has 2 aromatic heterocycles. The minimum absolute atomic E-state index is 0. The molecule has 16 nitrogen and oxygen atoms in total. The van der Waals surface area contributed by atoms with Crippen LogP contribution in [0.4, 0.5) is 15.3 Å². The highest BCUT2D eigenvalue weighted by Gasteiger charge is 2.39. The van der Waals surface area contributed by atoms with Crippen molar-refractivity contribution in [1.82, 2.24) is 45.3 Å². The Kier molecular flexibility index (Phi) is 21.0. The summed E-state index contributed by atoms with van der Waals surface area (Å²) in [6.07, 6.45) is 5.22. The number of piperazine rings is 1. The number of hydrogen-bond donors (Lipinski definition) is 4. The molecule has 3 aliphatic heterocycles. The molecule has 0 radical (unpaired) electrons. The zero-order chi connectivity index (χ0) is 43.8. The van der Waals surface area contributed by atoms with Crippen molar-refractivity contribution in [3.8, 4) is 34.9 Å². The fourth-order valence-electron chi connectivity index (χ4n) is 8.32. The van der Waals surface area contributed by atoms with Gasteiger partial charge in [0.05, 0.1) is 50.1 Å². The topological polar surface area (TPSA) is 181 Å². The number of imidazole rings is 2. The van der Waals surface area contributed by atoms with E-state index >= 15 is 0 Å². The molecule has 3 saturated heterocycles. The number of aromatic amines is 2. The molecule has 3 fully saturated rings. The Bertz CT molecular complexity index is 2390. The number of anilines is 1. The van der Waals surface area contributed by atoms with Gasteiger partial charge in [0.15, 0.2) is 0 Å². The zero-order valence-corrected chi connectivity index (χ0v) is 40.8. The summed E-state index contributed by atoms with van der Waals surface area (Å²) in [5.74, 6) is 13.2. The lowest BCUT2D eigenvalue weighted by Gasteiger charge is -2.34. The van der Waals surface area contributed by atoms with E-state index < -0.39 is 24.3 Å². The summed E-state index contributed by atoms with van der Waals surface area (Å²) in [6, 6.07) is 13.1. The molecule has 3 aliphatic rings. The number of H-pyrrole nitrogens is 2. The van der Waals surface area contributed by atoms with Crippen LogP contribution in [0.25, 0.3) is 11.3 Å². The van der Waals surface area contributed by atoms with Gasteiger partial charge in [0.2, 0.25) is 5.91 Å². The first-order valence-electron chi connectivity index (χ1n) is 21.1. The van der Waals surface area contributed by atoms with Gasteiger partial charge in [0.25, 0.3) is 5.91 Å². The van der Waals surface area contributed by atoms with Crippen molar-refractivity contribution >= 4 is 79.3 Å². The van der Waals surface area contributed by atoms with Gasteiger partial charge in [-0.25, -0.2) is 19.6 Å². The van der Waals surface area contributed by atoms with Crippen LogP contribution in [0.2, 0.25) is 0 Å². The number of benzene rings is 2.